The first-order valence-electron chi connectivity index (χ1n) is 5.98. The second-order valence-corrected chi connectivity index (χ2v) is 4.58. The van der Waals surface area contributed by atoms with E-state index in [0.717, 1.165) is 45.0 Å². The summed E-state index contributed by atoms with van der Waals surface area (Å²) in [4.78, 5) is 4.96. The molecular formula is C13H19ClN2. The smallest absolute Gasteiger partial charge is 0.0367 e. The molecule has 0 aromatic heterocycles. The van der Waals surface area contributed by atoms with Crippen LogP contribution in [0.15, 0.2) is 30.3 Å². The van der Waals surface area contributed by atoms with Gasteiger partial charge in [0, 0.05) is 37.7 Å². The Bertz CT molecular complexity index is 294. The molecule has 0 atom stereocenters. The number of hydrogen-bond donors (Lipinski definition) is 0. The zero-order valence-electron chi connectivity index (χ0n) is 9.61. The highest BCUT2D eigenvalue weighted by Gasteiger charge is 2.15. The fourth-order valence-corrected chi connectivity index (χ4v) is 2.27. The Morgan fingerprint density at radius 2 is 1.69 bits per heavy atom. The van der Waals surface area contributed by atoms with Crippen molar-refractivity contribution in [1.29, 1.82) is 0 Å². The summed E-state index contributed by atoms with van der Waals surface area (Å²) in [5, 5.41) is 0. The Hall–Kier alpha value is -0.730. The summed E-state index contributed by atoms with van der Waals surface area (Å²) in [6, 6.07) is 10.7. The van der Waals surface area contributed by atoms with Crippen LogP contribution in [0.25, 0.3) is 0 Å². The minimum atomic E-state index is 0.777. The third-order valence-corrected chi connectivity index (χ3v) is 3.37. The van der Waals surface area contributed by atoms with Crippen LogP contribution in [0, 0.1) is 0 Å². The van der Waals surface area contributed by atoms with Crippen LogP contribution in [0.5, 0.6) is 0 Å². The van der Waals surface area contributed by atoms with Gasteiger partial charge in [-0.2, -0.15) is 0 Å². The molecule has 0 bridgehead atoms. The average molecular weight is 239 g/mol. The standard InChI is InChI=1S/C13H19ClN2/c14-7-4-8-15-9-11-16(12-10-15)13-5-2-1-3-6-13/h1-3,5-6H,4,7-12H2. The van der Waals surface area contributed by atoms with Gasteiger partial charge in [0.05, 0.1) is 0 Å². The lowest BCUT2D eigenvalue weighted by Gasteiger charge is -2.36. The maximum absolute atomic E-state index is 5.71. The number of halogens is 1. The highest BCUT2D eigenvalue weighted by Crippen LogP contribution is 2.15. The molecule has 2 rings (SSSR count). The highest BCUT2D eigenvalue weighted by molar-refractivity contribution is 6.17. The van der Waals surface area contributed by atoms with E-state index >= 15 is 0 Å². The monoisotopic (exact) mass is 238 g/mol. The summed E-state index contributed by atoms with van der Waals surface area (Å²) < 4.78 is 0. The van der Waals surface area contributed by atoms with E-state index in [1.807, 2.05) is 0 Å². The fraction of sp³-hybridized carbons (Fsp3) is 0.538. The van der Waals surface area contributed by atoms with Crippen molar-refractivity contribution >= 4 is 17.3 Å². The summed E-state index contributed by atoms with van der Waals surface area (Å²) >= 11 is 5.71. The summed E-state index contributed by atoms with van der Waals surface area (Å²) in [6.07, 6.45) is 1.10. The van der Waals surface area contributed by atoms with Gasteiger partial charge in [0.15, 0.2) is 0 Å². The number of benzene rings is 1. The van der Waals surface area contributed by atoms with Crippen molar-refractivity contribution in [3.05, 3.63) is 30.3 Å². The van der Waals surface area contributed by atoms with Crippen molar-refractivity contribution in [1.82, 2.24) is 4.90 Å². The van der Waals surface area contributed by atoms with Crippen LogP contribution in [0.1, 0.15) is 6.42 Å². The third kappa shape index (κ3) is 3.13. The van der Waals surface area contributed by atoms with Crippen LogP contribution < -0.4 is 4.90 Å². The van der Waals surface area contributed by atoms with Crippen molar-refractivity contribution in [3.8, 4) is 0 Å². The van der Waals surface area contributed by atoms with Crippen molar-refractivity contribution < 1.29 is 0 Å². The number of hydrogen-bond acceptors (Lipinski definition) is 2. The molecule has 0 radical (unpaired) electrons. The van der Waals surface area contributed by atoms with Gasteiger partial charge >= 0.3 is 0 Å². The summed E-state index contributed by atoms with van der Waals surface area (Å²) in [7, 11) is 0. The number of alkyl halides is 1. The first-order valence-corrected chi connectivity index (χ1v) is 6.52. The molecule has 0 unspecified atom stereocenters. The summed E-state index contributed by atoms with van der Waals surface area (Å²) in [6.45, 7) is 5.72. The molecule has 0 amide bonds. The molecule has 0 aliphatic carbocycles. The van der Waals surface area contributed by atoms with Crippen molar-refractivity contribution in [2.24, 2.45) is 0 Å². The first kappa shape index (κ1) is 11.7. The molecule has 1 fully saturated rings. The van der Waals surface area contributed by atoms with E-state index in [9.17, 15) is 0 Å². The van der Waals surface area contributed by atoms with Crippen molar-refractivity contribution in [3.63, 3.8) is 0 Å². The zero-order chi connectivity index (χ0) is 11.2. The number of anilines is 1. The van der Waals surface area contributed by atoms with Crippen LogP contribution in [-0.2, 0) is 0 Å². The maximum Gasteiger partial charge on any atom is 0.0367 e. The molecule has 1 heterocycles. The Kier molecular flexibility index (Phi) is 4.49. The van der Waals surface area contributed by atoms with Crippen molar-refractivity contribution in [2.75, 3.05) is 43.5 Å². The van der Waals surface area contributed by atoms with Gasteiger partial charge in [0.25, 0.3) is 0 Å². The molecule has 16 heavy (non-hydrogen) atoms. The molecular weight excluding hydrogens is 220 g/mol. The minimum Gasteiger partial charge on any atom is -0.369 e. The Morgan fingerprint density at radius 3 is 2.31 bits per heavy atom. The van der Waals surface area contributed by atoms with Crippen molar-refractivity contribution in [2.45, 2.75) is 6.42 Å². The predicted molar refractivity (Wildman–Crippen MR) is 70.4 cm³/mol. The topological polar surface area (TPSA) is 6.48 Å². The van der Waals surface area contributed by atoms with Gasteiger partial charge in [-0.15, -0.1) is 11.6 Å². The highest BCUT2D eigenvalue weighted by atomic mass is 35.5. The second-order valence-electron chi connectivity index (χ2n) is 4.21. The quantitative estimate of drug-likeness (QED) is 0.744. The Labute approximate surface area is 103 Å². The van der Waals surface area contributed by atoms with Gasteiger partial charge in [0.2, 0.25) is 0 Å². The molecule has 0 spiro atoms. The van der Waals surface area contributed by atoms with Crippen LogP contribution in [0.3, 0.4) is 0 Å². The summed E-state index contributed by atoms with van der Waals surface area (Å²) in [5.41, 5.74) is 1.35. The van der Waals surface area contributed by atoms with E-state index in [4.69, 9.17) is 11.6 Å². The largest absolute Gasteiger partial charge is 0.369 e. The molecule has 1 aliphatic rings. The number of nitrogens with zero attached hydrogens (tertiary/aromatic N) is 2. The molecule has 1 aromatic carbocycles. The van der Waals surface area contributed by atoms with Crippen LogP contribution in [-0.4, -0.2) is 43.5 Å². The zero-order valence-corrected chi connectivity index (χ0v) is 10.4. The number of piperazine rings is 1. The maximum atomic E-state index is 5.71. The third-order valence-electron chi connectivity index (χ3n) is 3.10. The SMILES string of the molecule is ClCCCN1CCN(c2ccccc2)CC1. The van der Waals surface area contributed by atoms with Gasteiger partial charge in [-0.3, -0.25) is 4.90 Å². The van der Waals surface area contributed by atoms with Crippen LogP contribution in [0.2, 0.25) is 0 Å². The van der Waals surface area contributed by atoms with E-state index in [1.165, 1.54) is 5.69 Å². The van der Waals surface area contributed by atoms with E-state index < -0.39 is 0 Å². The predicted octanol–water partition coefficient (Wildman–Crippen LogP) is 2.44. The molecule has 0 N–H and O–H groups in total. The van der Waals surface area contributed by atoms with Gasteiger partial charge in [-0.25, -0.2) is 0 Å². The number of para-hydroxylation sites is 1. The van der Waals surface area contributed by atoms with Crippen LogP contribution >= 0.6 is 11.6 Å². The molecule has 2 nitrogen and oxygen atoms in total. The van der Waals surface area contributed by atoms with Gasteiger partial charge in [-0.1, -0.05) is 18.2 Å². The molecule has 1 aromatic rings. The van der Waals surface area contributed by atoms with Gasteiger partial charge in [0.1, 0.15) is 0 Å². The van der Waals surface area contributed by atoms with E-state index in [2.05, 4.69) is 40.1 Å². The lowest BCUT2D eigenvalue weighted by Crippen LogP contribution is -2.46. The lowest BCUT2D eigenvalue weighted by molar-refractivity contribution is 0.259. The lowest BCUT2D eigenvalue weighted by atomic mass is 10.2. The molecule has 1 saturated heterocycles. The second kappa shape index (κ2) is 6.12. The summed E-state index contributed by atoms with van der Waals surface area (Å²) in [5.74, 6) is 0.777. The molecule has 3 heteroatoms. The van der Waals surface area contributed by atoms with E-state index in [1.54, 1.807) is 0 Å². The Balaban J connectivity index is 1.81. The average Bonchev–Trinajstić information content (AvgIpc) is 2.38. The molecule has 0 saturated carbocycles. The minimum absolute atomic E-state index is 0.777. The first-order chi connectivity index (χ1) is 7.90. The van der Waals surface area contributed by atoms with E-state index in [-0.39, 0.29) is 0 Å². The van der Waals surface area contributed by atoms with Gasteiger partial charge in [-0.05, 0) is 25.1 Å². The number of rotatable bonds is 4. The molecule has 88 valence electrons. The van der Waals surface area contributed by atoms with E-state index in [0.29, 0.717) is 0 Å². The molecule has 1 aliphatic heterocycles. The van der Waals surface area contributed by atoms with Gasteiger partial charge < -0.3 is 4.90 Å². The fourth-order valence-electron chi connectivity index (χ4n) is 2.15. The van der Waals surface area contributed by atoms with Crippen LogP contribution in [0.4, 0.5) is 5.69 Å². The Morgan fingerprint density at radius 1 is 1.00 bits per heavy atom. The normalized spacial score (nSPS) is 17.7.